The van der Waals surface area contributed by atoms with Gasteiger partial charge in [0, 0.05) is 18.4 Å². The second-order valence-corrected chi connectivity index (χ2v) is 4.81. The number of aliphatic carboxylic acids is 1. The highest BCUT2D eigenvalue weighted by Gasteiger charge is 2.13. The Morgan fingerprint density at radius 2 is 2.10 bits per heavy atom. The van der Waals surface area contributed by atoms with Crippen molar-refractivity contribution in [3.05, 3.63) is 36.1 Å². The maximum Gasteiger partial charge on any atom is 0.315 e. The van der Waals surface area contributed by atoms with Crippen LogP contribution < -0.4 is 10.6 Å². The van der Waals surface area contributed by atoms with Crippen LogP contribution in [0.2, 0.25) is 0 Å². The van der Waals surface area contributed by atoms with Crippen LogP contribution in [-0.4, -0.2) is 23.7 Å². The molecule has 0 spiro atoms. The fourth-order valence-electron chi connectivity index (χ4n) is 1.98. The molecule has 0 unspecified atom stereocenters. The smallest absolute Gasteiger partial charge is 0.315 e. The molecule has 1 aromatic carbocycles. The predicted molar refractivity (Wildman–Crippen MR) is 78.0 cm³/mol. The molecular weight excluding hydrogens is 272 g/mol. The highest BCUT2D eigenvalue weighted by molar-refractivity contribution is 5.78. The lowest BCUT2D eigenvalue weighted by molar-refractivity contribution is -0.137. The molecule has 2 rings (SSSR count). The average molecular weight is 290 g/mol. The van der Waals surface area contributed by atoms with Crippen molar-refractivity contribution in [3.8, 4) is 0 Å². The van der Waals surface area contributed by atoms with Gasteiger partial charge in [0.25, 0.3) is 0 Å². The first-order chi connectivity index (χ1) is 10.1. The van der Waals surface area contributed by atoms with Crippen molar-refractivity contribution in [3.63, 3.8) is 0 Å². The number of urea groups is 1. The van der Waals surface area contributed by atoms with Crippen molar-refractivity contribution in [2.75, 3.05) is 6.54 Å². The molecule has 0 fully saturated rings. The maximum atomic E-state index is 11.7. The summed E-state index contributed by atoms with van der Waals surface area (Å²) in [5, 5.41) is 14.9. The summed E-state index contributed by atoms with van der Waals surface area (Å²) in [7, 11) is 0. The molecule has 3 N–H and O–H groups in total. The minimum absolute atomic E-state index is 0.0411. The second kappa shape index (κ2) is 6.78. The number of carbonyl (C=O) groups excluding carboxylic acids is 1. The molecule has 21 heavy (non-hydrogen) atoms. The molecule has 0 aliphatic heterocycles. The van der Waals surface area contributed by atoms with Crippen molar-refractivity contribution in [1.29, 1.82) is 0 Å². The van der Waals surface area contributed by atoms with E-state index < -0.39 is 5.97 Å². The van der Waals surface area contributed by atoms with Gasteiger partial charge in [-0.05, 0) is 25.5 Å². The van der Waals surface area contributed by atoms with Gasteiger partial charge in [-0.15, -0.1) is 0 Å². The van der Waals surface area contributed by atoms with E-state index in [1.54, 1.807) is 0 Å². The minimum Gasteiger partial charge on any atom is -0.481 e. The molecule has 0 aliphatic carbocycles. The topological polar surface area (TPSA) is 91.6 Å². The van der Waals surface area contributed by atoms with Gasteiger partial charge < -0.3 is 20.2 Å². The van der Waals surface area contributed by atoms with Crippen molar-refractivity contribution >= 4 is 23.0 Å². The lowest BCUT2D eigenvalue weighted by atomic mass is 10.2. The molecule has 1 aromatic heterocycles. The average Bonchev–Trinajstić information content (AvgIpc) is 2.87. The molecular formula is C15H18N2O4. The van der Waals surface area contributed by atoms with Crippen molar-refractivity contribution in [1.82, 2.24) is 10.6 Å². The summed E-state index contributed by atoms with van der Waals surface area (Å²) in [5.41, 5.74) is 0.781. The van der Waals surface area contributed by atoms with E-state index in [0.29, 0.717) is 18.7 Å². The quantitative estimate of drug-likeness (QED) is 0.713. The molecule has 0 aliphatic rings. The molecule has 0 bridgehead atoms. The van der Waals surface area contributed by atoms with Gasteiger partial charge in [-0.1, -0.05) is 18.2 Å². The van der Waals surface area contributed by atoms with E-state index in [4.69, 9.17) is 9.52 Å². The number of para-hydroxylation sites is 1. The number of furan rings is 1. The highest BCUT2D eigenvalue weighted by Crippen LogP contribution is 2.23. The number of hydrogen-bond donors (Lipinski definition) is 3. The van der Waals surface area contributed by atoms with Crippen LogP contribution in [0.4, 0.5) is 4.79 Å². The molecule has 6 heteroatoms. The molecule has 0 saturated heterocycles. The Kier molecular flexibility index (Phi) is 4.81. The number of fused-ring (bicyclic) bond motifs is 1. The van der Waals surface area contributed by atoms with Gasteiger partial charge in [-0.3, -0.25) is 4.79 Å². The monoisotopic (exact) mass is 290 g/mol. The summed E-state index contributed by atoms with van der Waals surface area (Å²) in [6.45, 7) is 2.15. The van der Waals surface area contributed by atoms with Gasteiger partial charge in [-0.2, -0.15) is 0 Å². The van der Waals surface area contributed by atoms with E-state index in [0.717, 1.165) is 11.0 Å². The molecule has 2 aromatic rings. The number of rotatable bonds is 6. The molecule has 0 radical (unpaired) electrons. The van der Waals surface area contributed by atoms with Crippen LogP contribution in [0.15, 0.2) is 34.7 Å². The van der Waals surface area contributed by atoms with Crippen LogP contribution in [0.5, 0.6) is 0 Å². The second-order valence-electron chi connectivity index (χ2n) is 4.81. The molecule has 6 nitrogen and oxygen atoms in total. The van der Waals surface area contributed by atoms with E-state index in [1.807, 2.05) is 37.3 Å². The van der Waals surface area contributed by atoms with Gasteiger partial charge in [0.1, 0.15) is 11.3 Å². The SMILES string of the molecule is C[C@@H](NC(=O)NCCCC(=O)O)c1cc2ccccc2o1. The lowest BCUT2D eigenvalue weighted by Crippen LogP contribution is -2.37. The Bertz CT molecular complexity index is 602. The maximum absolute atomic E-state index is 11.7. The van der Waals surface area contributed by atoms with E-state index >= 15 is 0 Å². The number of hydrogen-bond acceptors (Lipinski definition) is 3. The van der Waals surface area contributed by atoms with Crippen LogP contribution in [0.3, 0.4) is 0 Å². The molecule has 112 valence electrons. The van der Waals surface area contributed by atoms with Crippen LogP contribution in [-0.2, 0) is 4.79 Å². The Morgan fingerprint density at radius 1 is 1.33 bits per heavy atom. The molecule has 2 amide bonds. The Labute approximate surface area is 122 Å². The van der Waals surface area contributed by atoms with Crippen LogP contribution >= 0.6 is 0 Å². The number of carbonyl (C=O) groups is 2. The third-order valence-corrected chi connectivity index (χ3v) is 3.07. The summed E-state index contributed by atoms with van der Waals surface area (Å²) < 4.78 is 5.67. The fourth-order valence-corrected chi connectivity index (χ4v) is 1.98. The first-order valence-corrected chi connectivity index (χ1v) is 6.81. The van der Waals surface area contributed by atoms with Crippen LogP contribution in [0.1, 0.15) is 31.6 Å². The fraction of sp³-hybridized carbons (Fsp3) is 0.333. The first kappa shape index (κ1) is 14.9. The lowest BCUT2D eigenvalue weighted by Gasteiger charge is -2.12. The predicted octanol–water partition coefficient (Wildman–Crippen LogP) is 2.66. The van der Waals surface area contributed by atoms with Crippen molar-refractivity contribution < 1.29 is 19.1 Å². The highest BCUT2D eigenvalue weighted by atomic mass is 16.4. The van der Waals surface area contributed by atoms with Gasteiger partial charge in [-0.25, -0.2) is 4.79 Å². The Hall–Kier alpha value is -2.50. The van der Waals surface area contributed by atoms with Crippen molar-refractivity contribution in [2.45, 2.75) is 25.8 Å². The van der Waals surface area contributed by atoms with Gasteiger partial charge in [0.15, 0.2) is 0 Å². The number of benzene rings is 1. The van der Waals surface area contributed by atoms with Crippen molar-refractivity contribution in [2.24, 2.45) is 0 Å². The number of carboxylic acid groups (broad SMARTS) is 1. The normalized spacial score (nSPS) is 12.0. The largest absolute Gasteiger partial charge is 0.481 e. The van der Waals surface area contributed by atoms with E-state index in [-0.39, 0.29) is 18.5 Å². The Balaban J connectivity index is 1.84. The standard InChI is InChI=1S/C15H18N2O4/c1-10(17-15(20)16-8-4-7-14(18)19)13-9-11-5-2-3-6-12(11)21-13/h2-3,5-6,9-10H,4,7-8H2,1H3,(H,18,19)(H2,16,17,20)/t10-/m1/s1. The van der Waals surface area contributed by atoms with Crippen LogP contribution in [0, 0.1) is 0 Å². The van der Waals surface area contributed by atoms with E-state index in [9.17, 15) is 9.59 Å². The van der Waals surface area contributed by atoms with Crippen LogP contribution in [0.25, 0.3) is 11.0 Å². The third kappa shape index (κ3) is 4.24. The summed E-state index contributed by atoms with van der Waals surface area (Å²) in [5.74, 6) is -0.190. The third-order valence-electron chi connectivity index (χ3n) is 3.07. The summed E-state index contributed by atoms with van der Waals surface area (Å²) in [6.07, 6.45) is 0.446. The zero-order valence-electron chi connectivity index (χ0n) is 11.8. The molecule has 1 atom stereocenters. The number of amides is 2. The van der Waals surface area contributed by atoms with Gasteiger partial charge >= 0.3 is 12.0 Å². The summed E-state index contributed by atoms with van der Waals surface area (Å²) in [6, 6.07) is 8.92. The minimum atomic E-state index is -0.868. The Morgan fingerprint density at radius 3 is 2.81 bits per heavy atom. The van der Waals surface area contributed by atoms with E-state index in [1.165, 1.54) is 0 Å². The summed E-state index contributed by atoms with van der Waals surface area (Å²) in [4.78, 5) is 22.0. The summed E-state index contributed by atoms with van der Waals surface area (Å²) >= 11 is 0. The van der Waals surface area contributed by atoms with E-state index in [2.05, 4.69) is 10.6 Å². The zero-order valence-corrected chi connectivity index (χ0v) is 11.8. The number of nitrogens with one attached hydrogen (secondary N) is 2. The van der Waals surface area contributed by atoms with Gasteiger partial charge in [0.2, 0.25) is 0 Å². The molecule has 0 saturated carbocycles. The zero-order chi connectivity index (χ0) is 15.2. The first-order valence-electron chi connectivity index (χ1n) is 6.81. The number of carboxylic acids is 1. The van der Waals surface area contributed by atoms with Gasteiger partial charge in [0.05, 0.1) is 6.04 Å². The molecule has 1 heterocycles.